The zero-order valence-electron chi connectivity index (χ0n) is 14.3. The maximum Gasteiger partial charge on any atom is 0.213 e. The molecule has 0 amide bonds. The first-order chi connectivity index (χ1) is 10.7. The number of rotatable bonds is 6. The van der Waals surface area contributed by atoms with Crippen molar-refractivity contribution in [3.8, 4) is 5.88 Å². The molecule has 0 spiro atoms. The predicted molar refractivity (Wildman–Crippen MR) is 106 cm³/mol. The van der Waals surface area contributed by atoms with Gasteiger partial charge in [0.25, 0.3) is 0 Å². The van der Waals surface area contributed by atoms with Crippen LogP contribution in [-0.2, 0) is 6.54 Å². The van der Waals surface area contributed by atoms with Crippen LogP contribution in [0.2, 0.25) is 0 Å². The van der Waals surface area contributed by atoms with Crippen molar-refractivity contribution in [2.75, 3.05) is 13.6 Å². The summed E-state index contributed by atoms with van der Waals surface area (Å²) in [4.78, 5) is 8.61. The molecule has 23 heavy (non-hydrogen) atoms. The maximum absolute atomic E-state index is 5.87. The zero-order valence-corrected chi connectivity index (χ0v) is 16.7. The van der Waals surface area contributed by atoms with Gasteiger partial charge in [-0.15, -0.1) is 24.0 Å². The summed E-state index contributed by atoms with van der Waals surface area (Å²) in [6.45, 7) is 5.96. The molecular formula is C17H29IN4O. The highest BCUT2D eigenvalue weighted by Gasteiger charge is 2.16. The van der Waals surface area contributed by atoms with Gasteiger partial charge in [0.15, 0.2) is 5.96 Å². The lowest BCUT2D eigenvalue weighted by Gasteiger charge is -2.14. The van der Waals surface area contributed by atoms with Crippen LogP contribution in [-0.4, -0.2) is 30.6 Å². The van der Waals surface area contributed by atoms with E-state index in [0.29, 0.717) is 18.6 Å². The molecule has 1 aliphatic rings. The van der Waals surface area contributed by atoms with Gasteiger partial charge in [-0.1, -0.05) is 19.9 Å². The molecule has 0 radical (unpaired) electrons. The molecule has 0 saturated heterocycles. The topological polar surface area (TPSA) is 58.5 Å². The van der Waals surface area contributed by atoms with E-state index in [1.54, 1.807) is 7.05 Å². The van der Waals surface area contributed by atoms with Gasteiger partial charge in [-0.05, 0) is 37.2 Å². The molecule has 2 N–H and O–H groups in total. The molecule has 0 unspecified atom stereocenters. The Bertz CT molecular complexity index is 470. The van der Waals surface area contributed by atoms with E-state index in [9.17, 15) is 0 Å². The minimum absolute atomic E-state index is 0. The zero-order chi connectivity index (χ0) is 15.8. The molecule has 1 aromatic rings. The van der Waals surface area contributed by atoms with E-state index in [4.69, 9.17) is 4.74 Å². The van der Waals surface area contributed by atoms with Crippen LogP contribution in [0.3, 0.4) is 0 Å². The Hall–Kier alpha value is -1.05. The third kappa shape index (κ3) is 7.37. The molecule has 0 bridgehead atoms. The number of nitrogens with one attached hydrogen (secondary N) is 2. The fourth-order valence-electron chi connectivity index (χ4n) is 2.47. The number of aromatic nitrogens is 1. The van der Waals surface area contributed by atoms with Gasteiger partial charge >= 0.3 is 0 Å². The van der Waals surface area contributed by atoms with Crippen molar-refractivity contribution in [1.29, 1.82) is 0 Å². The molecule has 1 fully saturated rings. The van der Waals surface area contributed by atoms with E-state index in [1.165, 1.54) is 12.8 Å². The Morgan fingerprint density at radius 2 is 2.04 bits per heavy atom. The van der Waals surface area contributed by atoms with Crippen molar-refractivity contribution < 1.29 is 4.74 Å². The van der Waals surface area contributed by atoms with Gasteiger partial charge in [-0.3, -0.25) is 4.99 Å². The van der Waals surface area contributed by atoms with E-state index >= 15 is 0 Å². The Balaban J connectivity index is 0.00000264. The number of aliphatic imine (C=N–C) groups is 1. The first-order valence-corrected chi connectivity index (χ1v) is 8.23. The van der Waals surface area contributed by atoms with Crippen LogP contribution in [0, 0.1) is 5.92 Å². The molecule has 130 valence electrons. The van der Waals surface area contributed by atoms with Crippen LogP contribution in [0.4, 0.5) is 0 Å². The summed E-state index contributed by atoms with van der Waals surface area (Å²) in [5, 5.41) is 6.58. The highest BCUT2D eigenvalue weighted by Crippen LogP contribution is 2.22. The summed E-state index contributed by atoms with van der Waals surface area (Å²) in [5.74, 6) is 2.14. The predicted octanol–water partition coefficient (Wildman–Crippen LogP) is 3.34. The van der Waals surface area contributed by atoms with Gasteiger partial charge in [0.1, 0.15) is 6.10 Å². The SMILES string of the molecule is CN=C(NCc1ccc(OC2CCCC2)nc1)NCC(C)C.I. The first-order valence-electron chi connectivity index (χ1n) is 8.23. The molecule has 1 aromatic heterocycles. The Morgan fingerprint density at radius 1 is 1.30 bits per heavy atom. The van der Waals surface area contributed by atoms with E-state index in [-0.39, 0.29) is 24.0 Å². The average Bonchev–Trinajstić information content (AvgIpc) is 3.02. The number of nitrogens with zero attached hydrogens (tertiary/aromatic N) is 2. The van der Waals surface area contributed by atoms with Gasteiger partial charge in [-0.25, -0.2) is 4.98 Å². The number of pyridine rings is 1. The summed E-state index contributed by atoms with van der Waals surface area (Å²) in [7, 11) is 1.78. The Morgan fingerprint density at radius 3 is 2.61 bits per heavy atom. The summed E-state index contributed by atoms with van der Waals surface area (Å²) < 4.78 is 5.87. The van der Waals surface area contributed by atoms with Gasteiger partial charge < -0.3 is 15.4 Å². The van der Waals surface area contributed by atoms with Crippen molar-refractivity contribution in [1.82, 2.24) is 15.6 Å². The van der Waals surface area contributed by atoms with Gasteiger partial charge in [0.2, 0.25) is 5.88 Å². The lowest BCUT2D eigenvalue weighted by molar-refractivity contribution is 0.201. The van der Waals surface area contributed by atoms with E-state index in [2.05, 4.69) is 40.5 Å². The molecule has 1 aliphatic carbocycles. The van der Waals surface area contributed by atoms with Crippen molar-refractivity contribution in [2.45, 2.75) is 52.2 Å². The Kier molecular flexibility index (Phi) is 9.28. The van der Waals surface area contributed by atoms with Gasteiger partial charge in [0, 0.05) is 32.4 Å². The number of hydrogen-bond acceptors (Lipinski definition) is 3. The molecule has 1 saturated carbocycles. The number of halogens is 1. The molecule has 0 aliphatic heterocycles. The highest BCUT2D eigenvalue weighted by molar-refractivity contribution is 14.0. The minimum atomic E-state index is 0. The lowest BCUT2D eigenvalue weighted by atomic mass is 10.2. The summed E-state index contributed by atoms with van der Waals surface area (Å²) in [6.07, 6.45) is 7.08. The smallest absolute Gasteiger partial charge is 0.213 e. The van der Waals surface area contributed by atoms with Crippen LogP contribution in [0.1, 0.15) is 45.1 Å². The largest absolute Gasteiger partial charge is 0.474 e. The third-order valence-corrected chi connectivity index (χ3v) is 3.75. The van der Waals surface area contributed by atoms with Crippen LogP contribution in [0.5, 0.6) is 5.88 Å². The van der Waals surface area contributed by atoms with Crippen molar-refractivity contribution >= 4 is 29.9 Å². The highest BCUT2D eigenvalue weighted by atomic mass is 127. The fourth-order valence-corrected chi connectivity index (χ4v) is 2.47. The quantitative estimate of drug-likeness (QED) is 0.411. The summed E-state index contributed by atoms with van der Waals surface area (Å²) in [5.41, 5.74) is 1.12. The number of hydrogen-bond donors (Lipinski definition) is 2. The van der Waals surface area contributed by atoms with Crippen LogP contribution in [0.15, 0.2) is 23.3 Å². The second kappa shape index (κ2) is 10.7. The van der Waals surface area contributed by atoms with E-state index in [0.717, 1.165) is 36.8 Å². The number of ether oxygens (including phenoxy) is 1. The molecule has 0 aromatic carbocycles. The fraction of sp³-hybridized carbons (Fsp3) is 0.647. The molecule has 5 nitrogen and oxygen atoms in total. The third-order valence-electron chi connectivity index (χ3n) is 3.75. The van der Waals surface area contributed by atoms with E-state index in [1.807, 2.05) is 12.3 Å². The normalized spacial score (nSPS) is 15.4. The second-order valence-electron chi connectivity index (χ2n) is 6.23. The molecule has 1 heterocycles. The molecule has 2 rings (SSSR count). The molecular weight excluding hydrogens is 403 g/mol. The minimum Gasteiger partial charge on any atom is -0.474 e. The van der Waals surface area contributed by atoms with Crippen LogP contribution >= 0.6 is 24.0 Å². The summed E-state index contributed by atoms with van der Waals surface area (Å²) >= 11 is 0. The standard InChI is InChI=1S/C17H28N4O.HI/c1-13(2)10-20-17(18-3)21-12-14-8-9-16(19-11-14)22-15-6-4-5-7-15;/h8-9,11,13,15H,4-7,10,12H2,1-3H3,(H2,18,20,21);1H. The number of guanidine groups is 1. The Labute approximate surface area is 156 Å². The van der Waals surface area contributed by atoms with Gasteiger partial charge in [-0.2, -0.15) is 0 Å². The molecule has 6 heteroatoms. The monoisotopic (exact) mass is 432 g/mol. The summed E-state index contributed by atoms with van der Waals surface area (Å²) in [6, 6.07) is 4.01. The maximum atomic E-state index is 5.87. The average molecular weight is 432 g/mol. The van der Waals surface area contributed by atoms with Crippen molar-refractivity contribution in [2.24, 2.45) is 10.9 Å². The lowest BCUT2D eigenvalue weighted by Crippen LogP contribution is -2.38. The van der Waals surface area contributed by atoms with Crippen molar-refractivity contribution in [3.63, 3.8) is 0 Å². The van der Waals surface area contributed by atoms with E-state index < -0.39 is 0 Å². The first kappa shape index (κ1) is 20.0. The molecule has 0 atom stereocenters. The van der Waals surface area contributed by atoms with Crippen molar-refractivity contribution in [3.05, 3.63) is 23.9 Å². The second-order valence-corrected chi connectivity index (χ2v) is 6.23. The van der Waals surface area contributed by atoms with Gasteiger partial charge in [0.05, 0.1) is 0 Å². The van der Waals surface area contributed by atoms with Crippen LogP contribution in [0.25, 0.3) is 0 Å². The van der Waals surface area contributed by atoms with Crippen LogP contribution < -0.4 is 15.4 Å².